The highest BCUT2D eigenvalue weighted by Crippen LogP contribution is 2.33. The Labute approximate surface area is 172 Å². The highest BCUT2D eigenvalue weighted by Gasteiger charge is 2.37. The van der Waals surface area contributed by atoms with E-state index in [4.69, 9.17) is 0 Å². The second-order valence-corrected chi connectivity index (χ2v) is 7.19. The zero-order chi connectivity index (χ0) is 17.1. The van der Waals surface area contributed by atoms with Crippen molar-refractivity contribution in [1.82, 2.24) is 25.4 Å². The zero-order valence-corrected chi connectivity index (χ0v) is 16.8. The molecule has 6 nitrogen and oxygen atoms in total. The van der Waals surface area contributed by atoms with E-state index in [9.17, 15) is 4.79 Å². The van der Waals surface area contributed by atoms with Gasteiger partial charge in [0.25, 0.3) is 0 Å². The first-order valence-electron chi connectivity index (χ1n) is 9.22. The summed E-state index contributed by atoms with van der Waals surface area (Å²) in [5.74, 6) is 0.814. The van der Waals surface area contributed by atoms with E-state index < -0.39 is 0 Å². The fourth-order valence-corrected chi connectivity index (χ4v) is 4.20. The van der Waals surface area contributed by atoms with Crippen LogP contribution >= 0.6 is 24.8 Å². The minimum atomic E-state index is -0.0319. The van der Waals surface area contributed by atoms with Crippen molar-refractivity contribution >= 4 is 30.7 Å². The van der Waals surface area contributed by atoms with Crippen LogP contribution in [0.5, 0.6) is 0 Å². The number of rotatable bonds is 5. The van der Waals surface area contributed by atoms with Crippen LogP contribution in [0.2, 0.25) is 0 Å². The minimum absolute atomic E-state index is 0. The third kappa shape index (κ3) is 5.21. The smallest absolute Gasteiger partial charge is 0.237 e. The van der Waals surface area contributed by atoms with Gasteiger partial charge in [0.1, 0.15) is 12.7 Å². The molecule has 1 saturated carbocycles. The molecule has 148 valence electrons. The number of nitrogens with one attached hydrogen (secondary N) is 2. The molecule has 8 heteroatoms. The molecule has 27 heavy (non-hydrogen) atoms. The predicted octanol–water partition coefficient (Wildman–Crippen LogP) is 2.71. The Bertz CT molecular complexity index is 711. The van der Waals surface area contributed by atoms with E-state index in [0.29, 0.717) is 25.0 Å². The first-order chi connectivity index (χ1) is 12.3. The molecule has 2 fully saturated rings. The summed E-state index contributed by atoms with van der Waals surface area (Å²) < 4.78 is 1.80. The maximum atomic E-state index is 12.6. The number of carbonyl (C=O) groups is 1. The number of fused-ring (bicyclic) bond motifs is 1. The summed E-state index contributed by atoms with van der Waals surface area (Å²) in [4.78, 5) is 16.6. The molecule has 2 aromatic rings. The van der Waals surface area contributed by atoms with Crippen LogP contribution in [0.25, 0.3) is 0 Å². The van der Waals surface area contributed by atoms with Gasteiger partial charge in [-0.05, 0) is 36.3 Å². The van der Waals surface area contributed by atoms with Gasteiger partial charge in [0, 0.05) is 12.6 Å². The van der Waals surface area contributed by atoms with Gasteiger partial charge in [0.2, 0.25) is 5.91 Å². The van der Waals surface area contributed by atoms with Gasteiger partial charge in [-0.3, -0.25) is 4.79 Å². The highest BCUT2D eigenvalue weighted by atomic mass is 35.5. The van der Waals surface area contributed by atoms with E-state index >= 15 is 0 Å². The molecule has 3 unspecified atom stereocenters. The lowest BCUT2D eigenvalue weighted by Gasteiger charge is -2.24. The third-order valence-corrected chi connectivity index (χ3v) is 5.55. The van der Waals surface area contributed by atoms with Crippen molar-refractivity contribution in [2.24, 2.45) is 5.92 Å². The monoisotopic (exact) mass is 411 g/mol. The number of carbonyl (C=O) groups excluding carboxylic acids is 1. The van der Waals surface area contributed by atoms with E-state index in [1.807, 2.05) is 12.1 Å². The summed E-state index contributed by atoms with van der Waals surface area (Å²) >= 11 is 0. The molecule has 2 N–H and O–H groups in total. The van der Waals surface area contributed by atoms with Gasteiger partial charge in [-0.15, -0.1) is 24.8 Å². The second kappa shape index (κ2) is 10.1. The van der Waals surface area contributed by atoms with Gasteiger partial charge in [-0.2, -0.15) is 5.10 Å². The van der Waals surface area contributed by atoms with E-state index in [1.165, 1.54) is 32.0 Å². The van der Waals surface area contributed by atoms with Crippen LogP contribution in [0.3, 0.4) is 0 Å². The molecule has 1 aromatic carbocycles. The molecular formula is C19H27Cl2N5O. The molecule has 2 aliphatic rings. The van der Waals surface area contributed by atoms with Crippen molar-refractivity contribution < 1.29 is 4.79 Å². The van der Waals surface area contributed by atoms with Gasteiger partial charge < -0.3 is 10.6 Å². The van der Waals surface area contributed by atoms with Crippen LogP contribution in [0, 0.1) is 5.92 Å². The topological polar surface area (TPSA) is 71.8 Å². The average Bonchev–Trinajstić information content (AvgIpc) is 3.30. The number of halogens is 2. The predicted molar refractivity (Wildman–Crippen MR) is 109 cm³/mol. The molecule has 1 amide bonds. The van der Waals surface area contributed by atoms with Gasteiger partial charge >= 0.3 is 0 Å². The summed E-state index contributed by atoms with van der Waals surface area (Å²) in [6.07, 6.45) is 9.31. The van der Waals surface area contributed by atoms with Gasteiger partial charge in [0.15, 0.2) is 0 Å². The van der Waals surface area contributed by atoms with Gasteiger partial charge in [-0.25, -0.2) is 9.67 Å². The normalized spacial score (nSPS) is 23.6. The molecule has 3 atom stereocenters. The van der Waals surface area contributed by atoms with Crippen LogP contribution in [0.1, 0.15) is 43.2 Å². The molecule has 0 bridgehead atoms. The van der Waals surface area contributed by atoms with Crippen molar-refractivity contribution in [3.63, 3.8) is 0 Å². The van der Waals surface area contributed by atoms with E-state index in [-0.39, 0.29) is 36.8 Å². The summed E-state index contributed by atoms with van der Waals surface area (Å²) in [6, 6.07) is 8.68. The number of hydrogen-bond donors (Lipinski definition) is 2. The van der Waals surface area contributed by atoms with Crippen LogP contribution in [0.15, 0.2) is 36.9 Å². The van der Waals surface area contributed by atoms with Gasteiger partial charge in [-0.1, -0.05) is 37.1 Å². The average molecular weight is 412 g/mol. The lowest BCUT2D eigenvalue weighted by atomic mass is 9.85. The second-order valence-electron chi connectivity index (χ2n) is 7.19. The van der Waals surface area contributed by atoms with Crippen molar-refractivity contribution in [2.45, 2.75) is 57.3 Å². The highest BCUT2D eigenvalue weighted by molar-refractivity contribution is 5.85. The molecule has 2 heterocycles. The first-order valence-corrected chi connectivity index (χ1v) is 9.22. The number of aromatic nitrogens is 3. The van der Waals surface area contributed by atoms with Crippen molar-refractivity contribution in [3.05, 3.63) is 48.0 Å². The molecule has 1 aliphatic heterocycles. The quantitative estimate of drug-likeness (QED) is 0.792. The van der Waals surface area contributed by atoms with Crippen LogP contribution in [-0.2, 0) is 17.9 Å². The summed E-state index contributed by atoms with van der Waals surface area (Å²) in [5.41, 5.74) is 2.28. The lowest BCUT2D eigenvalue weighted by molar-refractivity contribution is -0.123. The Balaban J connectivity index is 0.00000131. The number of benzene rings is 1. The largest absolute Gasteiger partial charge is 0.351 e. The maximum absolute atomic E-state index is 12.6. The van der Waals surface area contributed by atoms with Gasteiger partial charge in [0.05, 0.1) is 12.6 Å². The number of nitrogens with zero attached hydrogens (tertiary/aromatic N) is 3. The SMILES string of the molecule is Cl.Cl.O=C(NCc1ccccc1Cn1cncn1)C1CC2CCCCC2N1. The Kier molecular flexibility index (Phi) is 8.07. The molecule has 4 rings (SSSR count). The lowest BCUT2D eigenvalue weighted by Crippen LogP contribution is -2.43. The number of hydrogen-bond acceptors (Lipinski definition) is 4. The van der Waals surface area contributed by atoms with Crippen LogP contribution < -0.4 is 10.6 Å². The van der Waals surface area contributed by atoms with Crippen molar-refractivity contribution in [2.75, 3.05) is 0 Å². The molecule has 1 aromatic heterocycles. The Morgan fingerprint density at radius 2 is 1.96 bits per heavy atom. The Morgan fingerprint density at radius 1 is 1.19 bits per heavy atom. The zero-order valence-electron chi connectivity index (χ0n) is 15.2. The number of amides is 1. The molecule has 0 radical (unpaired) electrons. The fourth-order valence-electron chi connectivity index (χ4n) is 4.20. The van der Waals surface area contributed by atoms with Crippen molar-refractivity contribution in [3.8, 4) is 0 Å². The molecular weight excluding hydrogens is 385 g/mol. The van der Waals surface area contributed by atoms with E-state index in [1.54, 1.807) is 11.0 Å². The maximum Gasteiger partial charge on any atom is 0.237 e. The summed E-state index contributed by atoms with van der Waals surface area (Å²) in [5, 5.41) is 10.8. The van der Waals surface area contributed by atoms with Crippen LogP contribution in [-0.4, -0.2) is 32.8 Å². The first kappa shape index (κ1) is 21.7. The fraction of sp³-hybridized carbons (Fsp3) is 0.526. The summed E-state index contributed by atoms with van der Waals surface area (Å²) in [6.45, 7) is 1.22. The minimum Gasteiger partial charge on any atom is -0.351 e. The molecule has 1 aliphatic carbocycles. The third-order valence-electron chi connectivity index (χ3n) is 5.55. The standard InChI is InChI=1S/C19H25N5O.2ClH/c25-19(18-9-14-5-3-4-8-17(14)23-18)21-10-15-6-1-2-7-16(15)11-24-13-20-12-22-24;;/h1-2,6-7,12-14,17-18,23H,3-5,8-11H2,(H,21,25);2*1H. The Hall–Kier alpha value is -1.63. The van der Waals surface area contributed by atoms with Crippen molar-refractivity contribution in [1.29, 1.82) is 0 Å². The summed E-state index contributed by atoms with van der Waals surface area (Å²) in [7, 11) is 0. The Morgan fingerprint density at radius 3 is 2.70 bits per heavy atom. The van der Waals surface area contributed by atoms with E-state index in [0.717, 1.165) is 17.5 Å². The molecule has 1 saturated heterocycles. The van der Waals surface area contributed by atoms with E-state index in [2.05, 4.69) is 32.8 Å². The molecule has 0 spiro atoms. The van der Waals surface area contributed by atoms with Crippen LogP contribution in [0.4, 0.5) is 0 Å².